The van der Waals surface area contributed by atoms with E-state index in [0.717, 1.165) is 12.8 Å². The molecule has 2 N–H and O–H groups in total. The predicted molar refractivity (Wildman–Crippen MR) is 123 cm³/mol. The molecule has 3 aromatic rings. The third kappa shape index (κ3) is 7.28. The van der Waals surface area contributed by atoms with Crippen LogP contribution in [0.1, 0.15) is 35.1 Å². The number of hydrogen-bond donors (Lipinski definition) is 2. The molecule has 0 spiro atoms. The maximum Gasteiger partial charge on any atom is 0.240 e. The van der Waals surface area contributed by atoms with Crippen molar-refractivity contribution in [2.24, 2.45) is 0 Å². The Hall–Kier alpha value is -3.03. The number of hydrogen-bond acceptors (Lipinski definition) is 3. The Labute approximate surface area is 188 Å². The van der Waals surface area contributed by atoms with Crippen LogP contribution in [0.5, 0.6) is 0 Å². The minimum absolute atomic E-state index is 0.0119. The minimum Gasteiger partial charge on any atom is -0.352 e. The van der Waals surface area contributed by atoms with Crippen molar-refractivity contribution in [3.05, 3.63) is 101 Å². The molecule has 7 heteroatoms. The lowest BCUT2D eigenvalue weighted by atomic mass is 10.1. The van der Waals surface area contributed by atoms with Gasteiger partial charge in [-0.15, -0.1) is 0 Å². The normalized spacial score (nSPS) is 11.3. The third-order valence-corrected chi connectivity index (χ3v) is 6.44. The van der Waals surface area contributed by atoms with Gasteiger partial charge in [0, 0.05) is 19.5 Å². The van der Waals surface area contributed by atoms with E-state index in [9.17, 15) is 17.6 Å². The number of carbonyl (C=O) groups excluding carboxylic acids is 1. The van der Waals surface area contributed by atoms with E-state index in [4.69, 9.17) is 0 Å². The average molecular weight is 455 g/mol. The van der Waals surface area contributed by atoms with Gasteiger partial charge in [-0.25, -0.2) is 17.5 Å². The van der Waals surface area contributed by atoms with Crippen LogP contribution in [0, 0.1) is 12.7 Å². The second-order valence-electron chi connectivity index (χ2n) is 7.72. The zero-order valence-corrected chi connectivity index (χ0v) is 18.8. The topological polar surface area (TPSA) is 75.3 Å². The molecule has 0 heterocycles. The van der Waals surface area contributed by atoms with Gasteiger partial charge in [0.1, 0.15) is 5.82 Å². The van der Waals surface area contributed by atoms with Crippen molar-refractivity contribution in [1.29, 1.82) is 0 Å². The Morgan fingerprint density at radius 2 is 1.56 bits per heavy atom. The number of carbonyl (C=O) groups is 1. The lowest BCUT2D eigenvalue weighted by Crippen LogP contribution is -2.24. The predicted octanol–water partition coefficient (Wildman–Crippen LogP) is 4.25. The first kappa shape index (κ1) is 23.6. The third-order valence-electron chi connectivity index (χ3n) is 5.04. The lowest BCUT2D eigenvalue weighted by molar-refractivity contribution is -0.121. The number of nitrogens with one attached hydrogen (secondary N) is 2. The van der Waals surface area contributed by atoms with Crippen molar-refractivity contribution >= 4 is 15.9 Å². The molecule has 0 atom stereocenters. The van der Waals surface area contributed by atoms with Crippen LogP contribution < -0.4 is 10.0 Å². The highest BCUT2D eigenvalue weighted by atomic mass is 32.2. The Bertz CT molecular complexity index is 1160. The highest BCUT2D eigenvalue weighted by Gasteiger charge is 2.14. The highest BCUT2D eigenvalue weighted by molar-refractivity contribution is 7.89. The van der Waals surface area contributed by atoms with Crippen LogP contribution in [0.2, 0.25) is 0 Å². The van der Waals surface area contributed by atoms with Gasteiger partial charge in [-0.1, -0.05) is 54.1 Å². The fourth-order valence-corrected chi connectivity index (χ4v) is 4.32. The standard InChI is InChI=1S/C25H27FN2O3S/c1-19-11-13-20(14-12-19)5-4-10-25(29)27-17-22-7-3-9-24(16-22)32(30,31)28-18-21-6-2-8-23(26)15-21/h2-3,6-9,11-16,28H,4-5,10,17-18H2,1H3,(H,27,29). The minimum atomic E-state index is -3.77. The van der Waals surface area contributed by atoms with Crippen LogP contribution in [0.4, 0.5) is 4.39 Å². The summed E-state index contributed by atoms with van der Waals surface area (Å²) in [4.78, 5) is 12.3. The van der Waals surface area contributed by atoms with Gasteiger partial charge in [-0.3, -0.25) is 4.79 Å². The lowest BCUT2D eigenvalue weighted by Gasteiger charge is -2.10. The number of aryl methyl sites for hydroxylation is 2. The van der Waals surface area contributed by atoms with E-state index in [1.807, 2.05) is 6.92 Å². The van der Waals surface area contributed by atoms with Gasteiger partial charge in [0.2, 0.25) is 15.9 Å². The molecular weight excluding hydrogens is 427 g/mol. The summed E-state index contributed by atoms with van der Waals surface area (Å²) in [7, 11) is -3.77. The van der Waals surface area contributed by atoms with Crippen molar-refractivity contribution in [3.63, 3.8) is 0 Å². The van der Waals surface area contributed by atoms with Crippen LogP contribution in [-0.4, -0.2) is 14.3 Å². The fraction of sp³-hybridized carbons (Fsp3) is 0.240. The molecule has 0 aromatic heterocycles. The molecule has 0 aliphatic carbocycles. The summed E-state index contributed by atoms with van der Waals surface area (Å²) in [6, 6.07) is 20.4. The van der Waals surface area contributed by atoms with Crippen LogP contribution in [0.25, 0.3) is 0 Å². The molecule has 1 amide bonds. The first-order valence-corrected chi connectivity index (χ1v) is 12.0. The molecule has 0 unspecified atom stereocenters. The summed E-state index contributed by atoms with van der Waals surface area (Å²) < 4.78 is 40.9. The number of benzene rings is 3. The van der Waals surface area contributed by atoms with Crippen LogP contribution in [-0.2, 0) is 34.3 Å². The fourth-order valence-electron chi connectivity index (χ4n) is 3.23. The number of rotatable bonds is 10. The summed E-state index contributed by atoms with van der Waals surface area (Å²) in [5.41, 5.74) is 3.63. The van der Waals surface area contributed by atoms with Gasteiger partial charge in [0.05, 0.1) is 4.90 Å². The van der Waals surface area contributed by atoms with Gasteiger partial charge in [-0.05, 0) is 60.7 Å². The van der Waals surface area contributed by atoms with Gasteiger partial charge in [-0.2, -0.15) is 0 Å². The van der Waals surface area contributed by atoms with Crippen molar-refractivity contribution in [1.82, 2.24) is 10.0 Å². The maximum absolute atomic E-state index is 13.3. The molecular formula is C25H27FN2O3S. The summed E-state index contributed by atoms with van der Waals surface area (Å²) >= 11 is 0. The molecule has 0 aliphatic heterocycles. The second-order valence-corrected chi connectivity index (χ2v) is 9.48. The van der Waals surface area contributed by atoms with Gasteiger partial charge in [0.25, 0.3) is 0 Å². The van der Waals surface area contributed by atoms with Gasteiger partial charge >= 0.3 is 0 Å². The summed E-state index contributed by atoms with van der Waals surface area (Å²) in [6.07, 6.45) is 1.98. The number of halogens is 1. The first-order valence-electron chi connectivity index (χ1n) is 10.5. The quantitative estimate of drug-likeness (QED) is 0.481. The summed E-state index contributed by atoms with van der Waals surface area (Å²) in [5.74, 6) is -0.493. The molecule has 3 rings (SSSR count). The largest absolute Gasteiger partial charge is 0.352 e. The van der Waals surface area contributed by atoms with Crippen LogP contribution in [0.3, 0.4) is 0 Å². The second kappa shape index (κ2) is 11.0. The first-order chi connectivity index (χ1) is 15.3. The van der Waals surface area contributed by atoms with Crippen molar-refractivity contribution in [3.8, 4) is 0 Å². The molecule has 5 nitrogen and oxygen atoms in total. The SMILES string of the molecule is Cc1ccc(CCCC(=O)NCc2cccc(S(=O)(=O)NCc3cccc(F)c3)c2)cc1. The molecule has 0 bridgehead atoms. The van der Waals surface area contributed by atoms with E-state index >= 15 is 0 Å². The Balaban J connectivity index is 1.49. The van der Waals surface area contributed by atoms with E-state index in [1.54, 1.807) is 18.2 Å². The Kier molecular flexibility index (Phi) is 8.14. The molecule has 0 saturated heterocycles. The van der Waals surface area contributed by atoms with E-state index in [1.165, 1.54) is 41.5 Å². The Morgan fingerprint density at radius 1 is 0.875 bits per heavy atom. The van der Waals surface area contributed by atoms with E-state index < -0.39 is 15.8 Å². The molecule has 3 aromatic carbocycles. The molecule has 32 heavy (non-hydrogen) atoms. The summed E-state index contributed by atoms with van der Waals surface area (Å²) in [6.45, 7) is 2.27. The van der Waals surface area contributed by atoms with Gasteiger partial charge in [0.15, 0.2) is 0 Å². The van der Waals surface area contributed by atoms with Gasteiger partial charge < -0.3 is 5.32 Å². The molecule has 0 fully saturated rings. The van der Waals surface area contributed by atoms with Crippen LogP contribution in [0.15, 0.2) is 77.7 Å². The zero-order chi connectivity index (χ0) is 23.0. The van der Waals surface area contributed by atoms with E-state index in [-0.39, 0.29) is 23.9 Å². The summed E-state index contributed by atoms with van der Waals surface area (Å²) in [5, 5.41) is 2.84. The number of amides is 1. The van der Waals surface area contributed by atoms with Crippen molar-refractivity contribution < 1.29 is 17.6 Å². The Morgan fingerprint density at radius 3 is 2.28 bits per heavy atom. The average Bonchev–Trinajstić information content (AvgIpc) is 2.78. The van der Waals surface area contributed by atoms with Crippen molar-refractivity contribution in [2.75, 3.05) is 0 Å². The smallest absolute Gasteiger partial charge is 0.240 e. The monoisotopic (exact) mass is 454 g/mol. The zero-order valence-electron chi connectivity index (χ0n) is 18.0. The maximum atomic E-state index is 13.3. The van der Waals surface area contributed by atoms with Crippen LogP contribution >= 0.6 is 0 Å². The molecule has 0 radical (unpaired) electrons. The number of sulfonamides is 1. The molecule has 168 valence electrons. The highest BCUT2D eigenvalue weighted by Crippen LogP contribution is 2.13. The molecule has 0 aliphatic rings. The van der Waals surface area contributed by atoms with Crippen molar-refractivity contribution in [2.45, 2.75) is 44.2 Å². The van der Waals surface area contributed by atoms with E-state index in [2.05, 4.69) is 34.3 Å². The molecule has 0 saturated carbocycles. The van der Waals surface area contributed by atoms with E-state index in [0.29, 0.717) is 17.5 Å².